The number of aromatic nitrogens is 3. The predicted molar refractivity (Wildman–Crippen MR) is 101 cm³/mol. The van der Waals surface area contributed by atoms with Crippen molar-refractivity contribution in [1.82, 2.24) is 19.9 Å². The van der Waals surface area contributed by atoms with E-state index in [1.54, 1.807) is 0 Å². The predicted octanol–water partition coefficient (Wildman–Crippen LogP) is 4.13. The zero-order valence-electron chi connectivity index (χ0n) is 14.7. The Morgan fingerprint density at radius 1 is 1.34 bits per heavy atom. The molecule has 0 spiro atoms. The summed E-state index contributed by atoms with van der Waals surface area (Å²) in [6.45, 7) is 0.489. The monoisotopic (exact) mass is 442 g/mol. The highest BCUT2D eigenvalue weighted by atomic mass is 35.5. The van der Waals surface area contributed by atoms with Crippen LogP contribution in [0.2, 0.25) is 5.02 Å². The Hall–Kier alpha value is -2.46. The first-order chi connectivity index (χ1) is 13.8. The third-order valence-electron chi connectivity index (χ3n) is 4.38. The van der Waals surface area contributed by atoms with Crippen LogP contribution in [0.4, 0.5) is 13.2 Å². The molecule has 2 aromatic heterocycles. The van der Waals surface area contributed by atoms with E-state index in [4.69, 9.17) is 16.3 Å². The van der Waals surface area contributed by atoms with E-state index < -0.39 is 11.7 Å². The average molecular weight is 443 g/mol. The topological polar surface area (TPSA) is 68.5 Å². The quantitative estimate of drug-likeness (QED) is 0.615. The van der Waals surface area contributed by atoms with Gasteiger partial charge in [0.15, 0.2) is 10.8 Å². The van der Waals surface area contributed by atoms with E-state index in [-0.39, 0.29) is 33.5 Å². The van der Waals surface area contributed by atoms with Gasteiger partial charge in [0.25, 0.3) is 0 Å². The first-order valence-corrected chi connectivity index (χ1v) is 9.94. The summed E-state index contributed by atoms with van der Waals surface area (Å²) in [5, 5.41) is 10.6. The van der Waals surface area contributed by atoms with Crippen LogP contribution >= 0.6 is 23.4 Å². The summed E-state index contributed by atoms with van der Waals surface area (Å²) < 4.78 is 45.8. The number of amides is 1. The molecule has 0 radical (unpaired) electrons. The van der Waals surface area contributed by atoms with E-state index >= 15 is 0 Å². The summed E-state index contributed by atoms with van der Waals surface area (Å²) in [5.41, 5.74) is 0.0764. The van der Waals surface area contributed by atoms with Crippen LogP contribution in [0.1, 0.15) is 23.6 Å². The molecule has 0 aliphatic carbocycles. The highest BCUT2D eigenvalue weighted by Crippen LogP contribution is 2.34. The standard InChI is InChI=1S/C18H14ClF3N4O2S/c19-12-7-10(18(20,21)22)8-26-16(12)24-25-17(26)29-9-15(27)23-13-5-6-28-14-4-2-1-3-11(13)14/h1-4,7-8,13H,5-6,9H2,(H,23,27)/t13-/m0/s1. The van der Waals surface area contributed by atoms with Crippen molar-refractivity contribution >= 4 is 34.9 Å². The van der Waals surface area contributed by atoms with Gasteiger partial charge in [-0.15, -0.1) is 10.2 Å². The number of fused-ring (bicyclic) bond motifs is 2. The smallest absolute Gasteiger partial charge is 0.417 e. The van der Waals surface area contributed by atoms with Gasteiger partial charge in [0.1, 0.15) is 5.75 Å². The van der Waals surface area contributed by atoms with Crippen molar-refractivity contribution in [2.45, 2.75) is 23.8 Å². The van der Waals surface area contributed by atoms with Gasteiger partial charge in [-0.05, 0) is 12.1 Å². The second-order valence-corrected chi connectivity index (χ2v) is 7.68. The number of pyridine rings is 1. The lowest BCUT2D eigenvalue weighted by Gasteiger charge is -2.26. The van der Waals surface area contributed by atoms with Crippen LogP contribution in [0.15, 0.2) is 41.7 Å². The molecule has 1 atom stereocenters. The van der Waals surface area contributed by atoms with Crippen LogP contribution in [-0.4, -0.2) is 32.9 Å². The van der Waals surface area contributed by atoms with E-state index in [0.29, 0.717) is 13.0 Å². The normalized spacial score (nSPS) is 16.3. The Labute approximate surface area is 172 Å². The van der Waals surface area contributed by atoms with Crippen molar-refractivity contribution < 1.29 is 22.7 Å². The Kier molecular flexibility index (Phi) is 5.30. The first-order valence-electron chi connectivity index (χ1n) is 8.58. The van der Waals surface area contributed by atoms with E-state index in [0.717, 1.165) is 39.7 Å². The number of alkyl halides is 3. The second-order valence-electron chi connectivity index (χ2n) is 6.33. The Bertz CT molecular complexity index is 1070. The summed E-state index contributed by atoms with van der Waals surface area (Å²) in [5.74, 6) is 0.426. The summed E-state index contributed by atoms with van der Waals surface area (Å²) >= 11 is 6.88. The van der Waals surface area contributed by atoms with Crippen LogP contribution in [0, 0.1) is 0 Å². The minimum Gasteiger partial charge on any atom is -0.493 e. The van der Waals surface area contributed by atoms with E-state index in [9.17, 15) is 18.0 Å². The lowest BCUT2D eigenvalue weighted by atomic mass is 10.0. The number of para-hydroxylation sites is 1. The molecule has 1 N–H and O–H groups in total. The number of halogens is 4. The number of rotatable bonds is 4. The van der Waals surface area contributed by atoms with Crippen molar-refractivity contribution in [3.8, 4) is 5.75 Å². The summed E-state index contributed by atoms with van der Waals surface area (Å²) in [6.07, 6.45) is -3.06. The SMILES string of the molecule is O=C(CSc1nnc2c(Cl)cc(C(F)(F)F)cn12)N[C@H]1CCOc2ccccc21. The van der Waals surface area contributed by atoms with Gasteiger partial charge in [-0.3, -0.25) is 9.20 Å². The molecule has 1 aliphatic heterocycles. The van der Waals surface area contributed by atoms with Gasteiger partial charge in [-0.2, -0.15) is 13.2 Å². The molecule has 0 bridgehead atoms. The molecule has 0 saturated carbocycles. The van der Waals surface area contributed by atoms with E-state index in [2.05, 4.69) is 15.5 Å². The number of ether oxygens (including phenoxy) is 1. The molecule has 3 aromatic rings. The van der Waals surface area contributed by atoms with Gasteiger partial charge >= 0.3 is 6.18 Å². The largest absolute Gasteiger partial charge is 0.493 e. The lowest BCUT2D eigenvalue weighted by molar-refractivity contribution is -0.137. The maximum Gasteiger partial charge on any atom is 0.417 e. The molecule has 3 heterocycles. The maximum atomic E-state index is 13.0. The zero-order chi connectivity index (χ0) is 20.6. The minimum atomic E-state index is -4.56. The third kappa shape index (κ3) is 4.13. The average Bonchev–Trinajstić information content (AvgIpc) is 3.10. The van der Waals surface area contributed by atoms with Crippen LogP contribution in [0.25, 0.3) is 5.65 Å². The van der Waals surface area contributed by atoms with Gasteiger partial charge in [0.05, 0.1) is 29.0 Å². The molecule has 152 valence electrons. The van der Waals surface area contributed by atoms with Crippen molar-refractivity contribution in [1.29, 1.82) is 0 Å². The van der Waals surface area contributed by atoms with Gasteiger partial charge < -0.3 is 10.1 Å². The Morgan fingerprint density at radius 3 is 2.93 bits per heavy atom. The third-order valence-corrected chi connectivity index (χ3v) is 5.60. The van der Waals surface area contributed by atoms with Crippen molar-refractivity contribution in [2.24, 2.45) is 0 Å². The maximum absolute atomic E-state index is 13.0. The van der Waals surface area contributed by atoms with Gasteiger partial charge in [0.2, 0.25) is 5.91 Å². The number of carbonyl (C=O) groups is 1. The second kappa shape index (κ2) is 7.75. The number of thioether (sulfide) groups is 1. The number of benzene rings is 1. The number of carbonyl (C=O) groups excluding carboxylic acids is 1. The first kappa shape index (κ1) is 19.8. The molecular formula is C18H14ClF3N4O2S. The molecule has 0 saturated heterocycles. The fraction of sp³-hybridized carbons (Fsp3) is 0.278. The fourth-order valence-corrected chi connectivity index (χ4v) is 4.01. The molecule has 1 aliphatic rings. The summed E-state index contributed by atoms with van der Waals surface area (Å²) in [4.78, 5) is 12.4. The number of hydrogen-bond donors (Lipinski definition) is 1. The van der Waals surface area contributed by atoms with Crippen molar-refractivity contribution in [3.05, 3.63) is 52.7 Å². The molecule has 0 unspecified atom stereocenters. The van der Waals surface area contributed by atoms with Gasteiger partial charge in [-0.25, -0.2) is 0 Å². The van der Waals surface area contributed by atoms with Crippen LogP contribution < -0.4 is 10.1 Å². The molecule has 1 amide bonds. The number of nitrogens with zero attached hydrogens (tertiary/aromatic N) is 3. The van der Waals surface area contributed by atoms with Gasteiger partial charge in [0, 0.05) is 18.2 Å². The van der Waals surface area contributed by atoms with Crippen molar-refractivity contribution in [3.63, 3.8) is 0 Å². The number of nitrogens with one attached hydrogen (secondary N) is 1. The van der Waals surface area contributed by atoms with E-state index in [1.165, 1.54) is 0 Å². The van der Waals surface area contributed by atoms with Crippen LogP contribution in [-0.2, 0) is 11.0 Å². The summed E-state index contributed by atoms with van der Waals surface area (Å²) in [7, 11) is 0. The van der Waals surface area contributed by atoms with E-state index in [1.807, 2.05) is 24.3 Å². The van der Waals surface area contributed by atoms with Crippen LogP contribution in [0.3, 0.4) is 0 Å². The summed E-state index contributed by atoms with van der Waals surface area (Å²) in [6, 6.07) is 8.07. The lowest BCUT2D eigenvalue weighted by Crippen LogP contribution is -2.33. The molecule has 4 rings (SSSR count). The number of hydrogen-bond acceptors (Lipinski definition) is 5. The Morgan fingerprint density at radius 2 is 2.14 bits per heavy atom. The van der Waals surface area contributed by atoms with Crippen LogP contribution in [0.5, 0.6) is 5.75 Å². The Balaban J connectivity index is 1.48. The molecule has 1 aromatic carbocycles. The highest BCUT2D eigenvalue weighted by Gasteiger charge is 2.32. The van der Waals surface area contributed by atoms with Gasteiger partial charge in [-0.1, -0.05) is 41.6 Å². The molecule has 6 nitrogen and oxygen atoms in total. The minimum absolute atomic E-state index is 0.0335. The molecule has 0 fully saturated rings. The van der Waals surface area contributed by atoms with Crippen molar-refractivity contribution in [2.75, 3.05) is 12.4 Å². The molecule has 11 heteroatoms. The molecular weight excluding hydrogens is 429 g/mol. The highest BCUT2D eigenvalue weighted by molar-refractivity contribution is 7.99. The zero-order valence-corrected chi connectivity index (χ0v) is 16.3. The fourth-order valence-electron chi connectivity index (χ4n) is 3.05. The molecule has 29 heavy (non-hydrogen) atoms.